The molecule has 2 N–H and O–H groups in total. The number of hydrogen-bond donors (Lipinski definition) is 1. The molecule has 6 nitrogen and oxygen atoms in total. The Morgan fingerprint density at radius 1 is 1.60 bits per heavy atom. The van der Waals surface area contributed by atoms with Crippen molar-refractivity contribution in [1.82, 2.24) is 15.0 Å². The fraction of sp³-hybridized carbons (Fsp3) is 0.786. The fourth-order valence-corrected chi connectivity index (χ4v) is 2.65. The zero-order valence-corrected chi connectivity index (χ0v) is 12.3. The monoisotopic (exact) mass is 280 g/mol. The van der Waals surface area contributed by atoms with Gasteiger partial charge in [-0.15, -0.1) is 0 Å². The molecular formula is C14H24N4O2. The van der Waals surface area contributed by atoms with Crippen LogP contribution >= 0.6 is 0 Å². The van der Waals surface area contributed by atoms with E-state index in [0.29, 0.717) is 18.2 Å². The van der Waals surface area contributed by atoms with E-state index in [1.165, 1.54) is 0 Å². The molecule has 2 rings (SSSR count). The third-order valence-electron chi connectivity index (χ3n) is 3.73. The lowest BCUT2D eigenvalue weighted by Crippen LogP contribution is -2.41. The number of carbonyl (C=O) groups excluding carboxylic acids is 1. The standard InChI is InChI=1S/C14H24N4O2/c1-10(15)5-6-14(19)18-7-3-4-12(9-18)8-13-16-11(2)20-17-13/h10,12H,3-9,15H2,1-2H3. The van der Waals surface area contributed by atoms with Crippen LogP contribution in [0.1, 0.15) is 44.3 Å². The maximum Gasteiger partial charge on any atom is 0.223 e. The van der Waals surface area contributed by atoms with E-state index >= 15 is 0 Å². The molecule has 1 aromatic rings. The van der Waals surface area contributed by atoms with Gasteiger partial charge in [0.1, 0.15) is 0 Å². The molecule has 112 valence electrons. The van der Waals surface area contributed by atoms with Gasteiger partial charge >= 0.3 is 0 Å². The Balaban J connectivity index is 1.83. The topological polar surface area (TPSA) is 85.2 Å². The Morgan fingerprint density at radius 3 is 3.05 bits per heavy atom. The van der Waals surface area contributed by atoms with E-state index in [0.717, 1.165) is 44.6 Å². The van der Waals surface area contributed by atoms with Crippen molar-refractivity contribution in [2.24, 2.45) is 11.7 Å². The molecular weight excluding hydrogens is 256 g/mol. The molecule has 1 aliphatic rings. The Bertz CT molecular complexity index is 444. The molecule has 0 aromatic carbocycles. The van der Waals surface area contributed by atoms with Gasteiger partial charge in [0.2, 0.25) is 11.8 Å². The van der Waals surface area contributed by atoms with E-state index in [1.54, 1.807) is 6.92 Å². The largest absolute Gasteiger partial charge is 0.342 e. The number of hydrogen-bond acceptors (Lipinski definition) is 5. The summed E-state index contributed by atoms with van der Waals surface area (Å²) in [4.78, 5) is 18.3. The van der Waals surface area contributed by atoms with Gasteiger partial charge in [-0.05, 0) is 32.1 Å². The van der Waals surface area contributed by atoms with E-state index in [1.807, 2.05) is 11.8 Å². The van der Waals surface area contributed by atoms with Crippen LogP contribution in [0.4, 0.5) is 0 Å². The predicted octanol–water partition coefficient (Wildman–Crippen LogP) is 1.29. The summed E-state index contributed by atoms with van der Waals surface area (Å²) in [5, 5.41) is 3.93. The SMILES string of the molecule is Cc1nc(CC2CCCN(C(=O)CCC(C)N)C2)no1. The summed E-state index contributed by atoms with van der Waals surface area (Å²) in [6.07, 6.45) is 4.25. The number of aromatic nitrogens is 2. The van der Waals surface area contributed by atoms with Gasteiger partial charge < -0.3 is 15.2 Å². The number of carbonyl (C=O) groups is 1. The third kappa shape index (κ3) is 4.30. The number of piperidine rings is 1. The first-order chi connectivity index (χ1) is 9.54. The van der Waals surface area contributed by atoms with Crippen molar-refractivity contribution in [3.8, 4) is 0 Å². The van der Waals surface area contributed by atoms with Crippen molar-refractivity contribution >= 4 is 5.91 Å². The Morgan fingerprint density at radius 2 is 2.40 bits per heavy atom. The van der Waals surface area contributed by atoms with Crippen LogP contribution in [-0.2, 0) is 11.2 Å². The summed E-state index contributed by atoms with van der Waals surface area (Å²) in [5.41, 5.74) is 5.70. The van der Waals surface area contributed by atoms with Crippen LogP contribution in [0, 0.1) is 12.8 Å². The van der Waals surface area contributed by atoms with Gasteiger partial charge in [0.25, 0.3) is 0 Å². The summed E-state index contributed by atoms with van der Waals surface area (Å²) < 4.78 is 4.99. The maximum absolute atomic E-state index is 12.1. The van der Waals surface area contributed by atoms with Crippen molar-refractivity contribution < 1.29 is 9.32 Å². The molecule has 0 spiro atoms. The van der Waals surface area contributed by atoms with E-state index in [9.17, 15) is 4.79 Å². The lowest BCUT2D eigenvalue weighted by Gasteiger charge is -2.32. The van der Waals surface area contributed by atoms with E-state index in [2.05, 4.69) is 10.1 Å². The molecule has 0 aliphatic carbocycles. The quantitative estimate of drug-likeness (QED) is 0.878. The van der Waals surface area contributed by atoms with E-state index in [-0.39, 0.29) is 11.9 Å². The van der Waals surface area contributed by atoms with Gasteiger partial charge in [-0.25, -0.2) is 0 Å². The molecule has 1 aromatic heterocycles. The highest BCUT2D eigenvalue weighted by Crippen LogP contribution is 2.20. The number of likely N-dealkylation sites (tertiary alicyclic amines) is 1. The van der Waals surface area contributed by atoms with Crippen molar-refractivity contribution in [2.45, 2.75) is 52.0 Å². The molecule has 1 amide bonds. The fourth-order valence-electron chi connectivity index (χ4n) is 2.65. The molecule has 20 heavy (non-hydrogen) atoms. The zero-order chi connectivity index (χ0) is 14.5. The van der Waals surface area contributed by atoms with Gasteiger partial charge in [0, 0.05) is 38.9 Å². The lowest BCUT2D eigenvalue weighted by molar-refractivity contribution is -0.133. The molecule has 6 heteroatoms. The third-order valence-corrected chi connectivity index (χ3v) is 3.73. The Labute approximate surface area is 119 Å². The van der Waals surface area contributed by atoms with E-state index < -0.39 is 0 Å². The average molecular weight is 280 g/mol. The second-order valence-corrected chi connectivity index (χ2v) is 5.80. The second-order valence-electron chi connectivity index (χ2n) is 5.80. The Kier molecular flexibility index (Phi) is 5.11. The zero-order valence-electron chi connectivity index (χ0n) is 12.3. The summed E-state index contributed by atoms with van der Waals surface area (Å²) in [5.74, 6) is 1.99. The van der Waals surface area contributed by atoms with Crippen LogP contribution in [0.3, 0.4) is 0 Å². The van der Waals surface area contributed by atoms with Gasteiger partial charge in [-0.1, -0.05) is 5.16 Å². The summed E-state index contributed by atoms with van der Waals surface area (Å²) in [7, 11) is 0. The van der Waals surface area contributed by atoms with Crippen molar-refractivity contribution in [2.75, 3.05) is 13.1 Å². The number of nitrogens with two attached hydrogens (primary N) is 1. The summed E-state index contributed by atoms with van der Waals surface area (Å²) in [6.45, 7) is 5.39. The van der Waals surface area contributed by atoms with Gasteiger partial charge in [-0.3, -0.25) is 4.79 Å². The van der Waals surface area contributed by atoms with Crippen LogP contribution in [0.2, 0.25) is 0 Å². The number of rotatable bonds is 5. The second kappa shape index (κ2) is 6.83. The minimum Gasteiger partial charge on any atom is -0.342 e. The highest BCUT2D eigenvalue weighted by molar-refractivity contribution is 5.76. The van der Waals surface area contributed by atoms with Crippen LogP contribution in [0.25, 0.3) is 0 Å². The molecule has 2 atom stereocenters. The van der Waals surface area contributed by atoms with Crippen LogP contribution in [-0.4, -0.2) is 40.1 Å². The lowest BCUT2D eigenvalue weighted by atomic mass is 9.94. The van der Waals surface area contributed by atoms with Crippen molar-refractivity contribution in [1.29, 1.82) is 0 Å². The van der Waals surface area contributed by atoms with Crippen molar-refractivity contribution in [3.63, 3.8) is 0 Å². The molecule has 2 unspecified atom stereocenters. The van der Waals surface area contributed by atoms with Crippen LogP contribution in [0.5, 0.6) is 0 Å². The number of amides is 1. The number of nitrogens with zero attached hydrogens (tertiary/aromatic N) is 3. The van der Waals surface area contributed by atoms with Crippen LogP contribution in [0.15, 0.2) is 4.52 Å². The van der Waals surface area contributed by atoms with Gasteiger partial charge in [0.05, 0.1) is 0 Å². The first kappa shape index (κ1) is 15.0. The molecule has 0 bridgehead atoms. The highest BCUT2D eigenvalue weighted by atomic mass is 16.5. The number of aryl methyl sites for hydroxylation is 1. The van der Waals surface area contributed by atoms with Gasteiger partial charge in [-0.2, -0.15) is 4.98 Å². The Hall–Kier alpha value is -1.43. The molecule has 2 heterocycles. The molecule has 0 saturated carbocycles. The highest BCUT2D eigenvalue weighted by Gasteiger charge is 2.24. The predicted molar refractivity (Wildman–Crippen MR) is 74.9 cm³/mol. The summed E-state index contributed by atoms with van der Waals surface area (Å²) >= 11 is 0. The van der Waals surface area contributed by atoms with E-state index in [4.69, 9.17) is 10.3 Å². The molecule has 1 saturated heterocycles. The first-order valence-electron chi connectivity index (χ1n) is 7.37. The maximum atomic E-state index is 12.1. The summed E-state index contributed by atoms with van der Waals surface area (Å²) in [6, 6.07) is 0.0850. The molecule has 1 aliphatic heterocycles. The average Bonchev–Trinajstić information content (AvgIpc) is 2.81. The molecule has 0 radical (unpaired) electrons. The minimum absolute atomic E-state index is 0.0850. The smallest absolute Gasteiger partial charge is 0.223 e. The van der Waals surface area contributed by atoms with Crippen LogP contribution < -0.4 is 5.73 Å². The van der Waals surface area contributed by atoms with Crippen molar-refractivity contribution in [3.05, 3.63) is 11.7 Å². The van der Waals surface area contributed by atoms with Gasteiger partial charge in [0.15, 0.2) is 5.82 Å². The first-order valence-corrected chi connectivity index (χ1v) is 7.37. The molecule has 1 fully saturated rings. The minimum atomic E-state index is 0.0850. The normalized spacial score (nSPS) is 20.9.